The molecule has 0 amide bonds. The Morgan fingerprint density at radius 2 is 1.75 bits per heavy atom. The summed E-state index contributed by atoms with van der Waals surface area (Å²) in [6.07, 6.45) is -2.24. The molecule has 9 heteroatoms. The normalized spacial score (nSPS) is 42.6. The van der Waals surface area contributed by atoms with Crippen LogP contribution in [0.1, 0.15) is 46.5 Å². The van der Waals surface area contributed by atoms with Crippen LogP contribution in [0.5, 0.6) is 0 Å². The maximum atomic E-state index is 13.3. The fourth-order valence-corrected chi connectivity index (χ4v) is 5.83. The molecule has 3 aliphatic rings. The van der Waals surface area contributed by atoms with Gasteiger partial charge in [0.15, 0.2) is 18.0 Å². The average Bonchev–Trinajstić information content (AvgIpc) is 2.55. The number of Topliss-reactive ketones (excluding diaryl/α,β-unsaturated/α-hetero) is 1. The molecule has 0 aromatic carbocycles. The van der Waals surface area contributed by atoms with E-state index in [0.29, 0.717) is 12.8 Å². The molecule has 28 heavy (non-hydrogen) atoms. The smallest absolute Gasteiger partial charge is 0.345 e. The molecule has 7 atom stereocenters. The first kappa shape index (κ1) is 20.3. The number of rotatable bonds is 3. The molecule has 0 aromatic rings. The first-order chi connectivity index (χ1) is 12.9. The Hall–Kier alpha value is -2.45. The van der Waals surface area contributed by atoms with Crippen molar-refractivity contribution >= 4 is 29.7 Å². The summed E-state index contributed by atoms with van der Waals surface area (Å²) in [5.41, 5.74) is -2.08. The molecule has 3 rings (SSSR count). The Morgan fingerprint density at radius 1 is 1.11 bits per heavy atom. The average molecular weight is 396 g/mol. The highest BCUT2D eigenvalue weighted by Gasteiger charge is 2.68. The summed E-state index contributed by atoms with van der Waals surface area (Å²) in [4.78, 5) is 60.8. The molecule has 1 heterocycles. The Morgan fingerprint density at radius 3 is 2.29 bits per heavy atom. The van der Waals surface area contributed by atoms with Gasteiger partial charge in [-0.2, -0.15) is 0 Å². The van der Waals surface area contributed by atoms with Crippen LogP contribution in [0, 0.1) is 28.6 Å². The third-order valence-electron chi connectivity index (χ3n) is 6.98. The van der Waals surface area contributed by atoms with Gasteiger partial charge >= 0.3 is 23.9 Å². The van der Waals surface area contributed by atoms with Gasteiger partial charge in [-0.15, -0.1) is 0 Å². The SMILES string of the molecule is CC(=O)O[C@H]1C[C@@H](C(=O)O)[C@]2(C)CC[C@H]3C(=O)O[C@H](C(=O)O)C[C@]3(C)[C@H]2C1=O. The Kier molecular flexibility index (Phi) is 4.75. The zero-order valence-corrected chi connectivity index (χ0v) is 16.0. The molecular weight excluding hydrogens is 372 g/mol. The summed E-state index contributed by atoms with van der Waals surface area (Å²) in [6, 6.07) is 0. The van der Waals surface area contributed by atoms with E-state index in [2.05, 4.69) is 0 Å². The van der Waals surface area contributed by atoms with E-state index in [1.165, 1.54) is 0 Å². The van der Waals surface area contributed by atoms with Gasteiger partial charge in [-0.1, -0.05) is 13.8 Å². The van der Waals surface area contributed by atoms with E-state index in [9.17, 15) is 34.2 Å². The standard InChI is InChI=1S/C19H24O9/c1-8(20)27-11-6-10(15(22)23)18(2)5-4-9-17(26)28-12(16(24)25)7-19(9,3)14(18)13(11)21/h9-12,14H,4-7H2,1-3H3,(H,22,23)(H,24,25)/t9-,10-,11-,12-,14-,18-,19-/m0/s1. The van der Waals surface area contributed by atoms with Crippen molar-refractivity contribution in [2.45, 2.75) is 58.7 Å². The second kappa shape index (κ2) is 6.56. The second-order valence-corrected chi connectivity index (χ2v) is 8.63. The van der Waals surface area contributed by atoms with Crippen molar-refractivity contribution in [2.24, 2.45) is 28.6 Å². The van der Waals surface area contributed by atoms with Crippen molar-refractivity contribution in [1.29, 1.82) is 0 Å². The van der Waals surface area contributed by atoms with E-state index in [1.807, 2.05) is 0 Å². The fourth-order valence-electron chi connectivity index (χ4n) is 5.83. The van der Waals surface area contributed by atoms with Crippen LogP contribution < -0.4 is 0 Å². The molecule has 0 bridgehead atoms. The van der Waals surface area contributed by atoms with Crippen molar-refractivity contribution in [3.05, 3.63) is 0 Å². The maximum Gasteiger partial charge on any atom is 0.345 e. The molecule has 2 N–H and O–H groups in total. The lowest BCUT2D eigenvalue weighted by Gasteiger charge is -2.60. The zero-order valence-electron chi connectivity index (χ0n) is 16.0. The number of esters is 2. The van der Waals surface area contributed by atoms with E-state index in [-0.39, 0.29) is 12.8 Å². The molecule has 2 saturated carbocycles. The number of carboxylic acid groups (broad SMARTS) is 2. The summed E-state index contributed by atoms with van der Waals surface area (Å²) in [7, 11) is 0. The van der Waals surface area contributed by atoms with Crippen molar-refractivity contribution < 1.29 is 43.7 Å². The van der Waals surface area contributed by atoms with Crippen LogP contribution >= 0.6 is 0 Å². The first-order valence-corrected chi connectivity index (χ1v) is 9.29. The minimum absolute atomic E-state index is 0.0934. The van der Waals surface area contributed by atoms with E-state index in [4.69, 9.17) is 9.47 Å². The Labute approximate surface area is 161 Å². The summed E-state index contributed by atoms with van der Waals surface area (Å²) in [5.74, 6) is -6.85. The highest BCUT2D eigenvalue weighted by Crippen LogP contribution is 2.63. The summed E-state index contributed by atoms with van der Waals surface area (Å²) in [5, 5.41) is 19.2. The van der Waals surface area contributed by atoms with Crippen LogP contribution in [0.4, 0.5) is 0 Å². The van der Waals surface area contributed by atoms with Gasteiger partial charge < -0.3 is 19.7 Å². The molecular formula is C19H24O9. The van der Waals surface area contributed by atoms with Gasteiger partial charge in [0, 0.05) is 25.7 Å². The quantitative estimate of drug-likeness (QED) is 0.668. The lowest BCUT2D eigenvalue weighted by molar-refractivity contribution is -0.212. The van der Waals surface area contributed by atoms with Crippen molar-refractivity contribution in [3.63, 3.8) is 0 Å². The largest absolute Gasteiger partial charge is 0.481 e. The molecule has 1 aliphatic heterocycles. The number of cyclic esters (lactones) is 1. The van der Waals surface area contributed by atoms with Crippen LogP contribution in [0.15, 0.2) is 0 Å². The van der Waals surface area contributed by atoms with Gasteiger partial charge in [-0.3, -0.25) is 19.2 Å². The third-order valence-corrected chi connectivity index (χ3v) is 6.98. The maximum absolute atomic E-state index is 13.3. The number of carbonyl (C=O) groups excluding carboxylic acids is 3. The molecule has 0 radical (unpaired) electrons. The summed E-state index contributed by atoms with van der Waals surface area (Å²) in [6.45, 7) is 4.50. The number of hydrogen-bond donors (Lipinski definition) is 2. The van der Waals surface area contributed by atoms with Crippen LogP contribution in [0.2, 0.25) is 0 Å². The first-order valence-electron chi connectivity index (χ1n) is 9.29. The number of ether oxygens (including phenoxy) is 2. The minimum atomic E-state index is -1.40. The lowest BCUT2D eigenvalue weighted by Crippen LogP contribution is -2.65. The number of hydrogen-bond acceptors (Lipinski definition) is 7. The Bertz CT molecular complexity index is 759. The summed E-state index contributed by atoms with van der Waals surface area (Å²) < 4.78 is 10.2. The van der Waals surface area contributed by atoms with Crippen LogP contribution in [0.3, 0.4) is 0 Å². The molecule has 0 unspecified atom stereocenters. The highest BCUT2D eigenvalue weighted by molar-refractivity contribution is 5.93. The molecule has 1 saturated heterocycles. The van der Waals surface area contributed by atoms with Gasteiger partial charge in [0.05, 0.1) is 11.8 Å². The van der Waals surface area contributed by atoms with Crippen LogP contribution in [-0.4, -0.2) is 52.1 Å². The molecule has 154 valence electrons. The monoisotopic (exact) mass is 396 g/mol. The lowest BCUT2D eigenvalue weighted by atomic mass is 9.43. The van der Waals surface area contributed by atoms with E-state index in [1.54, 1.807) is 13.8 Å². The van der Waals surface area contributed by atoms with Gasteiger partial charge in [-0.05, 0) is 23.7 Å². The number of fused-ring (bicyclic) bond motifs is 3. The van der Waals surface area contributed by atoms with Gasteiger partial charge in [0.25, 0.3) is 0 Å². The predicted molar refractivity (Wildman–Crippen MR) is 90.9 cm³/mol. The van der Waals surface area contributed by atoms with Gasteiger partial charge in [-0.25, -0.2) is 4.79 Å². The predicted octanol–water partition coefficient (Wildman–Crippen LogP) is 1.03. The van der Waals surface area contributed by atoms with E-state index in [0.717, 1.165) is 6.92 Å². The minimum Gasteiger partial charge on any atom is -0.481 e. The van der Waals surface area contributed by atoms with E-state index >= 15 is 0 Å². The molecule has 0 spiro atoms. The third kappa shape index (κ3) is 2.87. The van der Waals surface area contributed by atoms with Gasteiger partial charge in [0.2, 0.25) is 0 Å². The number of aliphatic carboxylic acids is 2. The fraction of sp³-hybridized carbons (Fsp3) is 0.737. The van der Waals surface area contributed by atoms with Crippen LogP contribution in [-0.2, 0) is 33.4 Å². The van der Waals surface area contributed by atoms with Crippen molar-refractivity contribution in [3.8, 4) is 0 Å². The van der Waals surface area contributed by atoms with Crippen LogP contribution in [0.25, 0.3) is 0 Å². The summed E-state index contributed by atoms with van der Waals surface area (Å²) >= 11 is 0. The molecule has 0 aromatic heterocycles. The number of carboxylic acids is 2. The second-order valence-electron chi connectivity index (χ2n) is 8.63. The molecule has 9 nitrogen and oxygen atoms in total. The molecule has 2 aliphatic carbocycles. The highest BCUT2D eigenvalue weighted by atomic mass is 16.6. The van der Waals surface area contributed by atoms with Crippen molar-refractivity contribution in [2.75, 3.05) is 0 Å². The number of carbonyl (C=O) groups is 5. The van der Waals surface area contributed by atoms with E-state index < -0.39 is 70.5 Å². The van der Waals surface area contributed by atoms with Gasteiger partial charge in [0.1, 0.15) is 0 Å². The zero-order chi connectivity index (χ0) is 21.0. The number of ketones is 1. The van der Waals surface area contributed by atoms with Crippen molar-refractivity contribution in [1.82, 2.24) is 0 Å². The topological polar surface area (TPSA) is 144 Å². The molecule has 3 fully saturated rings. The Balaban J connectivity index is 2.11.